The number of azo groups is 2. The number of rotatable bonds is 11. The summed E-state index contributed by atoms with van der Waals surface area (Å²) >= 11 is 13.0. The van der Waals surface area contributed by atoms with Crippen LogP contribution >= 0.6 is 23.2 Å². The maximum atomic E-state index is 12.8. The summed E-state index contributed by atoms with van der Waals surface area (Å²) in [7, 11) is 2.94. The molecule has 2 amide bonds. The number of hydrogen-bond acceptors (Lipinski definition) is 10. The van der Waals surface area contributed by atoms with Crippen LogP contribution in [0, 0.1) is 0 Å². The maximum absolute atomic E-state index is 12.8. The maximum Gasteiger partial charge on any atom is 0.279 e. The number of halogens is 2. The van der Waals surface area contributed by atoms with Crippen LogP contribution in [0.15, 0.2) is 128 Å². The van der Waals surface area contributed by atoms with Gasteiger partial charge in [0.1, 0.15) is 34.4 Å². The van der Waals surface area contributed by atoms with Crippen LogP contribution in [-0.4, -0.2) is 36.2 Å². The molecule has 246 valence electrons. The van der Waals surface area contributed by atoms with Gasteiger partial charge in [0.25, 0.3) is 11.8 Å². The molecule has 0 aromatic heterocycles. The number of allylic oxidation sites excluding steroid dienone is 2. The van der Waals surface area contributed by atoms with Crippen molar-refractivity contribution in [2.75, 3.05) is 24.9 Å². The number of aliphatic hydroxyl groups is 2. The van der Waals surface area contributed by atoms with E-state index in [1.807, 2.05) is 0 Å². The molecule has 48 heavy (non-hydrogen) atoms. The Morgan fingerprint density at radius 1 is 0.625 bits per heavy atom. The van der Waals surface area contributed by atoms with Gasteiger partial charge in [-0.25, -0.2) is 0 Å². The summed E-state index contributed by atoms with van der Waals surface area (Å²) in [6.45, 7) is 2.62. The lowest BCUT2D eigenvalue weighted by molar-refractivity contribution is -0.113. The first-order chi connectivity index (χ1) is 23.0. The predicted molar refractivity (Wildman–Crippen MR) is 185 cm³/mol. The second-order valence-electron chi connectivity index (χ2n) is 9.91. The normalized spacial score (nSPS) is 12.4. The second-order valence-corrected chi connectivity index (χ2v) is 10.7. The highest BCUT2D eigenvalue weighted by Gasteiger charge is 2.17. The molecule has 0 aliphatic rings. The van der Waals surface area contributed by atoms with E-state index in [4.69, 9.17) is 32.7 Å². The van der Waals surface area contributed by atoms with Gasteiger partial charge in [0.05, 0.1) is 35.6 Å². The van der Waals surface area contributed by atoms with Crippen molar-refractivity contribution in [1.29, 1.82) is 0 Å². The fraction of sp³-hybridized carbons (Fsp3) is 0.118. The SMILES string of the molecule is COc1ccccc1NC(=O)/C(N=Nc1ccc(-c2ccc(N=N/C(C(=O)Nc3ccccc3OC)=C(\C)O)c(Cl)c2)cc1Cl)=C(/C)O. The Morgan fingerprint density at radius 3 is 1.33 bits per heavy atom. The van der Waals surface area contributed by atoms with Gasteiger partial charge in [0.15, 0.2) is 11.4 Å². The molecule has 0 atom stereocenters. The molecule has 0 aliphatic heterocycles. The number of hydrogen-bond donors (Lipinski definition) is 4. The number of carbonyl (C=O) groups excluding carboxylic acids is 2. The van der Waals surface area contributed by atoms with Crippen molar-refractivity contribution >= 4 is 57.8 Å². The quantitative estimate of drug-likeness (QED) is 0.0695. The highest BCUT2D eigenvalue weighted by Crippen LogP contribution is 2.35. The average Bonchev–Trinajstić information content (AvgIpc) is 3.06. The molecule has 12 nitrogen and oxygen atoms in total. The van der Waals surface area contributed by atoms with Gasteiger partial charge in [-0.1, -0.05) is 59.6 Å². The Bertz CT molecular complexity index is 1830. The number of nitrogens with zero attached hydrogens (tertiary/aromatic N) is 4. The van der Waals surface area contributed by atoms with Gasteiger partial charge < -0.3 is 30.3 Å². The molecule has 4 N–H and O–H groups in total. The fourth-order valence-corrected chi connectivity index (χ4v) is 4.60. The van der Waals surface area contributed by atoms with E-state index in [2.05, 4.69) is 31.1 Å². The molecular weight excluding hydrogens is 659 g/mol. The van der Waals surface area contributed by atoms with Crippen LogP contribution in [-0.2, 0) is 9.59 Å². The first-order valence-corrected chi connectivity index (χ1v) is 14.9. The van der Waals surface area contributed by atoms with Crippen molar-refractivity contribution in [3.05, 3.63) is 118 Å². The number of ether oxygens (including phenoxy) is 2. The molecule has 0 fully saturated rings. The molecule has 0 saturated carbocycles. The van der Waals surface area contributed by atoms with Gasteiger partial charge >= 0.3 is 0 Å². The second kappa shape index (κ2) is 16.2. The lowest BCUT2D eigenvalue weighted by atomic mass is 10.1. The van der Waals surface area contributed by atoms with E-state index in [1.165, 1.54) is 28.1 Å². The summed E-state index contributed by atoms with van der Waals surface area (Å²) in [6, 6.07) is 23.5. The first kappa shape index (κ1) is 35.1. The van der Waals surface area contributed by atoms with Crippen molar-refractivity contribution in [1.82, 2.24) is 0 Å². The van der Waals surface area contributed by atoms with Crippen molar-refractivity contribution < 1.29 is 29.3 Å². The van der Waals surface area contributed by atoms with E-state index in [0.29, 0.717) is 34.0 Å². The molecule has 4 aromatic rings. The molecule has 0 heterocycles. The van der Waals surface area contributed by atoms with Crippen molar-refractivity contribution in [3.8, 4) is 22.6 Å². The minimum Gasteiger partial charge on any atom is -0.510 e. The fourth-order valence-electron chi connectivity index (χ4n) is 4.17. The zero-order valence-electron chi connectivity index (χ0n) is 26.2. The van der Waals surface area contributed by atoms with E-state index in [0.717, 1.165) is 0 Å². The molecule has 0 bridgehead atoms. The molecule has 0 radical (unpaired) electrons. The van der Waals surface area contributed by atoms with Crippen LogP contribution in [0.25, 0.3) is 11.1 Å². The number of carbonyl (C=O) groups is 2. The molecule has 0 unspecified atom stereocenters. The third-order valence-electron chi connectivity index (χ3n) is 6.57. The molecule has 4 rings (SSSR count). The summed E-state index contributed by atoms with van der Waals surface area (Å²) in [5.74, 6) is -1.23. The number of benzene rings is 4. The van der Waals surface area contributed by atoms with Crippen LogP contribution in [0.4, 0.5) is 22.7 Å². The van der Waals surface area contributed by atoms with E-state index < -0.39 is 11.8 Å². The third-order valence-corrected chi connectivity index (χ3v) is 7.18. The van der Waals surface area contributed by atoms with Gasteiger partial charge in [-0.05, 0) is 73.5 Å². The summed E-state index contributed by atoms with van der Waals surface area (Å²) in [5, 5.41) is 42.0. The van der Waals surface area contributed by atoms with Crippen molar-refractivity contribution in [2.45, 2.75) is 13.8 Å². The Morgan fingerprint density at radius 2 is 1.00 bits per heavy atom. The number of methoxy groups -OCH3 is 2. The van der Waals surface area contributed by atoms with E-state index >= 15 is 0 Å². The van der Waals surface area contributed by atoms with Gasteiger partial charge in [-0.15, -0.1) is 20.5 Å². The van der Waals surface area contributed by atoms with Crippen LogP contribution in [0.1, 0.15) is 13.8 Å². The third kappa shape index (κ3) is 8.75. The lowest BCUT2D eigenvalue weighted by Crippen LogP contribution is -2.15. The van der Waals surface area contributed by atoms with E-state index in [9.17, 15) is 19.8 Å². The van der Waals surface area contributed by atoms with Gasteiger partial charge in [-0.2, -0.15) is 0 Å². The Balaban J connectivity index is 1.49. The molecular formula is C34H30Cl2N6O6. The summed E-state index contributed by atoms with van der Waals surface area (Å²) in [4.78, 5) is 25.7. The van der Waals surface area contributed by atoms with Crippen LogP contribution < -0.4 is 20.1 Å². The Hall–Kier alpha value is -5.72. The highest BCUT2D eigenvalue weighted by atomic mass is 35.5. The van der Waals surface area contributed by atoms with Crippen LogP contribution in [0.5, 0.6) is 11.5 Å². The smallest absolute Gasteiger partial charge is 0.279 e. The summed E-state index contributed by atoms with van der Waals surface area (Å²) in [5.41, 5.74) is 1.99. The topological polar surface area (TPSA) is 167 Å². The zero-order valence-corrected chi connectivity index (χ0v) is 27.7. The van der Waals surface area contributed by atoms with Crippen LogP contribution in [0.3, 0.4) is 0 Å². The van der Waals surface area contributed by atoms with Crippen LogP contribution in [0.2, 0.25) is 10.0 Å². The van der Waals surface area contributed by atoms with Gasteiger partial charge in [0.2, 0.25) is 0 Å². The lowest BCUT2D eigenvalue weighted by Gasteiger charge is -2.10. The number of anilines is 2. The van der Waals surface area contributed by atoms with E-state index in [-0.39, 0.29) is 44.3 Å². The molecule has 0 aliphatic carbocycles. The minimum atomic E-state index is -0.698. The summed E-state index contributed by atoms with van der Waals surface area (Å²) < 4.78 is 10.5. The standard InChI is InChI=1S/C34H30Cl2N6O6/c1-19(43)31(33(45)37-27-9-5-7-11-29(27)47-3)41-39-25-15-13-21(17-23(25)35)22-14-16-26(24(36)18-22)40-42-32(20(2)44)34(46)38-28-10-6-8-12-30(28)48-4/h5-18,43-44H,1-4H3,(H,37,45)(H,38,46)/b31-19+,32-20+,41-39?,42-40?. The Kier molecular flexibility index (Phi) is 11.9. The number of aliphatic hydroxyl groups excluding tert-OH is 2. The minimum absolute atomic E-state index is 0.213. The molecule has 4 aromatic carbocycles. The van der Waals surface area contributed by atoms with Gasteiger partial charge in [-0.3, -0.25) is 9.59 Å². The monoisotopic (exact) mass is 688 g/mol. The Labute approximate surface area is 286 Å². The van der Waals surface area contributed by atoms with Gasteiger partial charge in [0, 0.05) is 0 Å². The van der Waals surface area contributed by atoms with E-state index in [1.54, 1.807) is 84.9 Å². The van der Waals surface area contributed by atoms with Crippen molar-refractivity contribution in [2.24, 2.45) is 20.5 Å². The summed E-state index contributed by atoms with van der Waals surface area (Å²) in [6.07, 6.45) is 0. The molecule has 0 spiro atoms. The first-order valence-electron chi connectivity index (χ1n) is 14.1. The predicted octanol–water partition coefficient (Wildman–Crippen LogP) is 9.70. The van der Waals surface area contributed by atoms with Crippen molar-refractivity contribution in [3.63, 3.8) is 0 Å². The molecule has 14 heteroatoms. The number of amides is 2. The largest absolute Gasteiger partial charge is 0.510 e. The number of para-hydroxylation sites is 4. The number of nitrogens with one attached hydrogen (secondary N) is 2. The highest BCUT2D eigenvalue weighted by molar-refractivity contribution is 6.34. The average molecular weight is 690 g/mol. The molecule has 0 saturated heterocycles. The zero-order chi connectivity index (χ0) is 34.8.